The number of nitrogens with zero attached hydrogens (tertiary/aromatic N) is 1. The molecule has 3 rings (SSSR count). The van der Waals surface area contributed by atoms with Crippen LogP contribution in [-0.4, -0.2) is 30.4 Å². The van der Waals surface area contributed by atoms with Crippen LogP contribution < -0.4 is 9.47 Å². The number of benzene rings is 3. The van der Waals surface area contributed by atoms with E-state index in [0.717, 1.165) is 5.56 Å². The second-order valence-corrected chi connectivity index (χ2v) is 7.16. The number of rotatable bonds is 7. The van der Waals surface area contributed by atoms with Crippen LogP contribution in [0.2, 0.25) is 0 Å². The molecule has 0 spiro atoms. The molecule has 3 aromatic carbocycles. The van der Waals surface area contributed by atoms with Gasteiger partial charge >= 0.3 is 11.9 Å². The summed E-state index contributed by atoms with van der Waals surface area (Å²) in [7, 11) is 1.48. The van der Waals surface area contributed by atoms with Gasteiger partial charge in [0.15, 0.2) is 11.5 Å². The second-order valence-electron chi connectivity index (χ2n) is 6.31. The summed E-state index contributed by atoms with van der Waals surface area (Å²) < 4.78 is 11.3. The van der Waals surface area contributed by atoms with E-state index in [0.29, 0.717) is 21.5 Å². The number of carboxylic acids is 1. The Hall–Kier alpha value is -3.71. The molecule has 0 amide bonds. The molecular weight excluding hydrogens is 462 g/mol. The first kappa shape index (κ1) is 22.0. The third-order valence-corrected chi connectivity index (χ3v) is 4.73. The van der Waals surface area contributed by atoms with Crippen LogP contribution in [-0.2, 0) is 4.79 Å². The van der Waals surface area contributed by atoms with Crippen LogP contribution in [0.3, 0.4) is 0 Å². The molecule has 0 heterocycles. The van der Waals surface area contributed by atoms with E-state index in [2.05, 4.69) is 20.9 Å². The van der Waals surface area contributed by atoms with Crippen molar-refractivity contribution in [3.8, 4) is 11.5 Å². The van der Waals surface area contributed by atoms with E-state index in [4.69, 9.17) is 14.6 Å². The lowest BCUT2D eigenvalue weighted by Crippen LogP contribution is -2.06. The Morgan fingerprint density at radius 1 is 1.00 bits per heavy atom. The highest BCUT2D eigenvalue weighted by atomic mass is 79.9. The minimum Gasteiger partial charge on any atom is -0.493 e. The molecule has 6 nitrogen and oxygen atoms in total. The molecule has 0 saturated carbocycles. The molecule has 0 atom stereocenters. The Morgan fingerprint density at radius 2 is 1.71 bits per heavy atom. The summed E-state index contributed by atoms with van der Waals surface area (Å²) in [6.45, 7) is 0. The normalized spacial score (nSPS) is 11.0. The van der Waals surface area contributed by atoms with Gasteiger partial charge in [-0.25, -0.2) is 9.59 Å². The highest BCUT2D eigenvalue weighted by Crippen LogP contribution is 2.36. The highest BCUT2D eigenvalue weighted by molar-refractivity contribution is 9.10. The first-order valence-corrected chi connectivity index (χ1v) is 9.95. The molecular formula is C24H18BrNO5. The van der Waals surface area contributed by atoms with Crippen molar-refractivity contribution in [3.05, 3.63) is 94.0 Å². The minimum absolute atomic E-state index is 0.191. The molecule has 0 unspecified atom stereocenters. The van der Waals surface area contributed by atoms with Crippen molar-refractivity contribution in [2.75, 3.05) is 7.11 Å². The first-order chi connectivity index (χ1) is 15.0. The minimum atomic E-state index is -0.993. The van der Waals surface area contributed by atoms with Crippen molar-refractivity contribution < 1.29 is 24.2 Å². The maximum absolute atomic E-state index is 12.2. The van der Waals surface area contributed by atoms with Gasteiger partial charge in [-0.3, -0.25) is 4.99 Å². The maximum atomic E-state index is 12.2. The third kappa shape index (κ3) is 6.13. The van der Waals surface area contributed by atoms with Crippen molar-refractivity contribution in [1.82, 2.24) is 0 Å². The number of carbonyl (C=O) groups excluding carboxylic acids is 1. The van der Waals surface area contributed by atoms with Gasteiger partial charge in [0.1, 0.15) is 0 Å². The fourth-order valence-corrected chi connectivity index (χ4v) is 3.16. The molecule has 0 saturated heterocycles. The average Bonchev–Trinajstić information content (AvgIpc) is 2.78. The van der Waals surface area contributed by atoms with Gasteiger partial charge in [-0.15, -0.1) is 0 Å². The Morgan fingerprint density at radius 3 is 2.35 bits per heavy atom. The van der Waals surface area contributed by atoms with E-state index in [-0.39, 0.29) is 11.3 Å². The summed E-state index contributed by atoms with van der Waals surface area (Å²) in [5.74, 6) is -0.914. The lowest BCUT2D eigenvalue weighted by atomic mass is 10.2. The molecule has 7 heteroatoms. The number of esters is 1. The maximum Gasteiger partial charge on any atom is 0.336 e. The molecule has 0 aliphatic heterocycles. The molecule has 0 aliphatic carbocycles. The van der Waals surface area contributed by atoms with Crippen molar-refractivity contribution in [1.29, 1.82) is 0 Å². The average molecular weight is 480 g/mol. The third-order valence-electron chi connectivity index (χ3n) is 4.14. The lowest BCUT2D eigenvalue weighted by Gasteiger charge is -2.11. The van der Waals surface area contributed by atoms with E-state index >= 15 is 0 Å². The molecule has 1 N–H and O–H groups in total. The summed E-state index contributed by atoms with van der Waals surface area (Å²) in [5, 5.41) is 8.95. The smallest absolute Gasteiger partial charge is 0.336 e. The van der Waals surface area contributed by atoms with Crippen LogP contribution in [0.4, 0.5) is 5.69 Å². The number of carboxylic acid groups (broad SMARTS) is 1. The standard InChI is InChI=1S/C24H18BrNO5/c1-30-21-14-17(15-26-19-10-8-18(9-11-19)24(28)29)13-20(25)23(21)31-22(27)12-7-16-5-3-2-4-6-16/h2-15H,1H3,(H,28,29)/b12-7+,26-15+. The molecule has 0 aromatic heterocycles. The number of hydrogen-bond donors (Lipinski definition) is 1. The van der Waals surface area contributed by atoms with Gasteiger partial charge < -0.3 is 14.6 Å². The lowest BCUT2D eigenvalue weighted by molar-refractivity contribution is -0.129. The van der Waals surface area contributed by atoms with Gasteiger partial charge in [-0.1, -0.05) is 30.3 Å². The molecule has 156 valence electrons. The van der Waals surface area contributed by atoms with E-state index in [1.54, 1.807) is 36.6 Å². The van der Waals surface area contributed by atoms with Crippen molar-refractivity contribution in [2.45, 2.75) is 0 Å². The zero-order chi connectivity index (χ0) is 22.2. The first-order valence-electron chi connectivity index (χ1n) is 9.16. The summed E-state index contributed by atoms with van der Waals surface area (Å²) in [6.07, 6.45) is 4.61. The van der Waals surface area contributed by atoms with Crippen molar-refractivity contribution in [3.63, 3.8) is 0 Å². The Kier molecular flexibility index (Phi) is 7.35. The topological polar surface area (TPSA) is 85.2 Å². The van der Waals surface area contributed by atoms with Crippen LogP contribution in [0.5, 0.6) is 11.5 Å². The SMILES string of the molecule is COc1cc(/C=N/c2ccc(C(=O)O)cc2)cc(Br)c1OC(=O)/C=C/c1ccccc1. The quantitative estimate of drug-likeness (QED) is 0.208. The van der Waals surface area contributed by atoms with E-state index < -0.39 is 11.9 Å². The van der Waals surface area contributed by atoms with Crippen LogP contribution in [0, 0.1) is 0 Å². The summed E-state index contributed by atoms with van der Waals surface area (Å²) in [4.78, 5) is 27.5. The number of ether oxygens (including phenoxy) is 2. The fraction of sp³-hybridized carbons (Fsp3) is 0.0417. The van der Waals surface area contributed by atoms with Crippen LogP contribution in [0.1, 0.15) is 21.5 Å². The second kappa shape index (κ2) is 10.4. The molecule has 31 heavy (non-hydrogen) atoms. The molecule has 3 aromatic rings. The van der Waals surface area contributed by atoms with Gasteiger partial charge in [0.2, 0.25) is 0 Å². The van der Waals surface area contributed by atoms with Gasteiger partial charge in [0.25, 0.3) is 0 Å². The molecule has 0 bridgehead atoms. The van der Waals surface area contributed by atoms with Crippen molar-refractivity contribution in [2.24, 2.45) is 4.99 Å². The van der Waals surface area contributed by atoms with Gasteiger partial charge in [0.05, 0.1) is 22.8 Å². The molecule has 0 fully saturated rings. The number of halogens is 1. The van der Waals surface area contributed by atoms with Crippen LogP contribution in [0.25, 0.3) is 6.08 Å². The fourth-order valence-electron chi connectivity index (χ4n) is 2.62. The van der Waals surface area contributed by atoms with E-state index in [1.165, 1.54) is 25.3 Å². The van der Waals surface area contributed by atoms with E-state index in [1.807, 2.05) is 30.3 Å². The van der Waals surface area contributed by atoms with Crippen molar-refractivity contribution >= 4 is 45.8 Å². The van der Waals surface area contributed by atoms with Gasteiger partial charge in [-0.05, 0) is 69.5 Å². The van der Waals surface area contributed by atoms with Gasteiger partial charge in [-0.2, -0.15) is 0 Å². The predicted molar refractivity (Wildman–Crippen MR) is 122 cm³/mol. The largest absolute Gasteiger partial charge is 0.493 e. The Bertz CT molecular complexity index is 1140. The Balaban J connectivity index is 1.75. The zero-order valence-corrected chi connectivity index (χ0v) is 18.1. The summed E-state index contributed by atoms with van der Waals surface area (Å²) in [5.41, 5.74) is 2.37. The monoisotopic (exact) mass is 479 g/mol. The number of aromatic carboxylic acids is 1. The highest BCUT2D eigenvalue weighted by Gasteiger charge is 2.14. The number of aliphatic imine (C=N–C) groups is 1. The van der Waals surface area contributed by atoms with Gasteiger partial charge in [0, 0.05) is 12.3 Å². The van der Waals surface area contributed by atoms with Crippen LogP contribution >= 0.6 is 15.9 Å². The number of hydrogen-bond acceptors (Lipinski definition) is 5. The Labute approximate surface area is 187 Å². The number of methoxy groups -OCH3 is 1. The van der Waals surface area contributed by atoms with E-state index in [9.17, 15) is 9.59 Å². The molecule has 0 aliphatic rings. The zero-order valence-electron chi connectivity index (χ0n) is 16.5. The summed E-state index contributed by atoms with van der Waals surface area (Å²) >= 11 is 3.41. The number of carbonyl (C=O) groups is 2. The predicted octanol–water partition coefficient (Wildman–Crippen LogP) is 5.53. The van der Waals surface area contributed by atoms with Crippen LogP contribution in [0.15, 0.2) is 82.3 Å². The summed E-state index contributed by atoms with van der Waals surface area (Å²) in [6, 6.07) is 19.0. The molecule has 0 radical (unpaired) electrons.